The van der Waals surface area contributed by atoms with Crippen molar-refractivity contribution >= 4 is 11.3 Å². The Labute approximate surface area is 140 Å². The fraction of sp³-hybridized carbons (Fsp3) is 0.412. The van der Waals surface area contributed by atoms with E-state index in [0.29, 0.717) is 0 Å². The zero-order valence-corrected chi connectivity index (χ0v) is 13.6. The summed E-state index contributed by atoms with van der Waals surface area (Å²) in [5, 5.41) is 23.1. The lowest BCUT2D eigenvalue weighted by molar-refractivity contribution is 0.0891. The minimum atomic E-state index is -0.499. The van der Waals surface area contributed by atoms with E-state index in [4.69, 9.17) is 0 Å². The molecule has 1 atom stereocenters. The number of aliphatic hydroxyl groups is 1. The van der Waals surface area contributed by atoms with Crippen molar-refractivity contribution in [2.45, 2.75) is 25.9 Å². The van der Waals surface area contributed by atoms with E-state index in [1.165, 1.54) is 0 Å². The molecule has 1 unspecified atom stereocenters. The van der Waals surface area contributed by atoms with Crippen LogP contribution in [0, 0.1) is 12.8 Å². The number of fused-ring (bicyclic) bond motifs is 1. The lowest BCUT2D eigenvalue weighted by Crippen LogP contribution is -2.36. The second-order valence-electron chi connectivity index (χ2n) is 6.29. The third kappa shape index (κ3) is 2.71. The van der Waals surface area contributed by atoms with Gasteiger partial charge in [-0.05, 0) is 43.9 Å². The summed E-state index contributed by atoms with van der Waals surface area (Å²) in [6, 6.07) is 7.74. The number of hydrogen-bond donors (Lipinski definition) is 1. The molecule has 0 saturated carbocycles. The minimum absolute atomic E-state index is 0.230. The van der Waals surface area contributed by atoms with Gasteiger partial charge in [-0.2, -0.15) is 9.61 Å². The lowest BCUT2D eigenvalue weighted by Gasteiger charge is -2.35. The number of aromatic nitrogens is 5. The highest BCUT2D eigenvalue weighted by Gasteiger charge is 2.28. The third-order valence-corrected chi connectivity index (χ3v) is 4.69. The van der Waals surface area contributed by atoms with Gasteiger partial charge in [0.25, 0.3) is 0 Å². The Morgan fingerprint density at radius 3 is 2.83 bits per heavy atom. The maximum atomic E-state index is 10.6. The van der Waals surface area contributed by atoms with Crippen LogP contribution in [0.25, 0.3) is 5.65 Å². The lowest BCUT2D eigenvalue weighted by atomic mass is 9.89. The monoisotopic (exact) mass is 324 g/mol. The molecule has 1 N–H and O–H groups in total. The molecule has 0 radical (unpaired) electrons. The maximum Gasteiger partial charge on any atom is 0.200 e. The molecule has 7 heteroatoms. The Kier molecular flexibility index (Phi) is 3.86. The average molecular weight is 324 g/mol. The summed E-state index contributed by atoms with van der Waals surface area (Å²) in [4.78, 5) is 6.59. The number of piperidine rings is 1. The predicted octanol–water partition coefficient (Wildman–Crippen LogP) is 1.78. The standard InChI is InChI=1S/C17H20N6O/c1-12-10-15(17-20-19-11-23(17)21-12)22-8-5-13(6-9-22)16(24)14-4-2-3-7-18-14/h2-4,7,10-11,13,16,24H,5-6,8-9H2,1H3. The molecule has 1 aliphatic rings. The van der Waals surface area contributed by atoms with Gasteiger partial charge < -0.3 is 10.0 Å². The molecular weight excluding hydrogens is 304 g/mol. The van der Waals surface area contributed by atoms with Gasteiger partial charge in [-0.3, -0.25) is 4.98 Å². The Balaban J connectivity index is 1.51. The molecule has 1 aliphatic heterocycles. The van der Waals surface area contributed by atoms with Crippen molar-refractivity contribution in [1.82, 2.24) is 24.8 Å². The van der Waals surface area contributed by atoms with Crippen LogP contribution < -0.4 is 4.90 Å². The largest absolute Gasteiger partial charge is 0.387 e. The second-order valence-corrected chi connectivity index (χ2v) is 6.29. The fourth-order valence-electron chi connectivity index (χ4n) is 3.41. The first-order valence-corrected chi connectivity index (χ1v) is 8.24. The zero-order valence-electron chi connectivity index (χ0n) is 13.6. The Morgan fingerprint density at radius 1 is 1.25 bits per heavy atom. The highest BCUT2D eigenvalue weighted by atomic mass is 16.3. The van der Waals surface area contributed by atoms with E-state index in [0.717, 1.165) is 48.7 Å². The van der Waals surface area contributed by atoms with Crippen molar-refractivity contribution in [3.63, 3.8) is 0 Å². The number of hydrogen-bond acceptors (Lipinski definition) is 6. The van der Waals surface area contributed by atoms with Crippen molar-refractivity contribution in [3.8, 4) is 0 Å². The SMILES string of the molecule is Cc1cc(N2CCC(C(O)c3ccccn3)CC2)c2nncn2n1. The summed E-state index contributed by atoms with van der Waals surface area (Å²) in [7, 11) is 0. The average Bonchev–Trinajstić information content (AvgIpc) is 3.09. The number of rotatable bonds is 3. The quantitative estimate of drug-likeness (QED) is 0.791. The van der Waals surface area contributed by atoms with Gasteiger partial charge in [-0.1, -0.05) is 6.07 Å². The second kappa shape index (κ2) is 6.16. The summed E-state index contributed by atoms with van der Waals surface area (Å²) in [6.45, 7) is 3.72. The van der Waals surface area contributed by atoms with Crippen LogP contribution in [0.2, 0.25) is 0 Å². The summed E-state index contributed by atoms with van der Waals surface area (Å²) in [6.07, 6.45) is 4.69. The van der Waals surface area contributed by atoms with Gasteiger partial charge in [0, 0.05) is 19.3 Å². The number of aryl methyl sites for hydroxylation is 1. The molecular formula is C17H20N6O. The van der Waals surface area contributed by atoms with Crippen molar-refractivity contribution in [2.75, 3.05) is 18.0 Å². The van der Waals surface area contributed by atoms with Gasteiger partial charge in [-0.15, -0.1) is 10.2 Å². The molecule has 0 spiro atoms. The van der Waals surface area contributed by atoms with Crippen LogP contribution in [0.1, 0.15) is 30.3 Å². The Bertz CT molecular complexity index is 825. The van der Waals surface area contributed by atoms with Crippen LogP contribution in [-0.2, 0) is 0 Å². The highest BCUT2D eigenvalue weighted by Crippen LogP contribution is 2.32. The van der Waals surface area contributed by atoms with E-state index in [9.17, 15) is 5.11 Å². The Morgan fingerprint density at radius 2 is 2.08 bits per heavy atom. The molecule has 24 heavy (non-hydrogen) atoms. The maximum absolute atomic E-state index is 10.6. The van der Waals surface area contributed by atoms with Crippen LogP contribution in [0.5, 0.6) is 0 Å². The minimum Gasteiger partial charge on any atom is -0.387 e. The van der Waals surface area contributed by atoms with Gasteiger partial charge in [-0.25, -0.2) is 0 Å². The molecule has 0 aromatic carbocycles. The fourth-order valence-corrected chi connectivity index (χ4v) is 3.41. The molecule has 124 valence electrons. The smallest absolute Gasteiger partial charge is 0.200 e. The highest BCUT2D eigenvalue weighted by molar-refractivity contribution is 5.68. The van der Waals surface area contributed by atoms with E-state index in [2.05, 4.69) is 31.2 Å². The van der Waals surface area contributed by atoms with Gasteiger partial charge >= 0.3 is 0 Å². The van der Waals surface area contributed by atoms with Crippen molar-refractivity contribution in [1.29, 1.82) is 0 Å². The van der Waals surface area contributed by atoms with Crippen LogP contribution in [-0.4, -0.2) is 43.0 Å². The summed E-state index contributed by atoms with van der Waals surface area (Å²) in [5.74, 6) is 0.230. The molecule has 1 saturated heterocycles. The topological polar surface area (TPSA) is 79.4 Å². The molecule has 0 aliphatic carbocycles. The van der Waals surface area contributed by atoms with E-state index < -0.39 is 6.10 Å². The van der Waals surface area contributed by atoms with Crippen LogP contribution in [0.15, 0.2) is 36.8 Å². The van der Waals surface area contributed by atoms with E-state index >= 15 is 0 Å². The number of anilines is 1. The molecule has 0 bridgehead atoms. The number of pyridine rings is 1. The molecule has 7 nitrogen and oxygen atoms in total. The summed E-state index contributed by atoms with van der Waals surface area (Å²) >= 11 is 0. The first-order valence-electron chi connectivity index (χ1n) is 8.24. The summed E-state index contributed by atoms with van der Waals surface area (Å²) in [5.41, 5.74) is 3.54. The summed E-state index contributed by atoms with van der Waals surface area (Å²) < 4.78 is 1.72. The zero-order chi connectivity index (χ0) is 16.5. The van der Waals surface area contributed by atoms with Crippen LogP contribution in [0.4, 0.5) is 5.69 Å². The Hall–Kier alpha value is -2.54. The molecule has 4 heterocycles. The van der Waals surface area contributed by atoms with Gasteiger partial charge in [0.15, 0.2) is 0 Å². The first kappa shape index (κ1) is 15.0. The first-order chi connectivity index (χ1) is 11.7. The van der Waals surface area contributed by atoms with Crippen molar-refractivity contribution in [3.05, 3.63) is 48.2 Å². The van der Waals surface area contributed by atoms with Crippen LogP contribution >= 0.6 is 0 Å². The van der Waals surface area contributed by atoms with Gasteiger partial charge in [0.1, 0.15) is 6.33 Å². The van der Waals surface area contributed by atoms with Crippen LogP contribution in [0.3, 0.4) is 0 Å². The van der Waals surface area contributed by atoms with E-state index in [1.54, 1.807) is 17.0 Å². The molecule has 4 rings (SSSR count). The van der Waals surface area contributed by atoms with E-state index in [-0.39, 0.29) is 5.92 Å². The molecule has 0 amide bonds. The van der Waals surface area contributed by atoms with Gasteiger partial charge in [0.2, 0.25) is 5.65 Å². The predicted molar refractivity (Wildman–Crippen MR) is 89.7 cm³/mol. The van der Waals surface area contributed by atoms with Gasteiger partial charge in [0.05, 0.1) is 23.2 Å². The van der Waals surface area contributed by atoms with Crippen molar-refractivity contribution in [2.24, 2.45) is 5.92 Å². The van der Waals surface area contributed by atoms with Crippen molar-refractivity contribution < 1.29 is 5.11 Å². The number of aliphatic hydroxyl groups excluding tert-OH is 1. The third-order valence-electron chi connectivity index (χ3n) is 4.69. The molecule has 3 aromatic heterocycles. The molecule has 1 fully saturated rings. The number of nitrogens with zero attached hydrogens (tertiary/aromatic N) is 6. The normalized spacial score (nSPS) is 17.3. The molecule has 3 aromatic rings. The van der Waals surface area contributed by atoms with E-state index in [1.807, 2.05) is 25.1 Å².